The van der Waals surface area contributed by atoms with Gasteiger partial charge in [-0.25, -0.2) is 0 Å². The maximum absolute atomic E-state index is 12.1. The van der Waals surface area contributed by atoms with E-state index in [0.717, 1.165) is 12.5 Å². The molecule has 1 fully saturated rings. The lowest BCUT2D eigenvalue weighted by Crippen LogP contribution is -2.29. The third-order valence-electron chi connectivity index (χ3n) is 3.62. The van der Waals surface area contributed by atoms with Gasteiger partial charge in [0.05, 0.1) is 18.8 Å². The van der Waals surface area contributed by atoms with Crippen LogP contribution < -0.4 is 15.4 Å². The van der Waals surface area contributed by atoms with Crippen molar-refractivity contribution in [1.29, 1.82) is 0 Å². The van der Waals surface area contributed by atoms with Gasteiger partial charge in [-0.1, -0.05) is 0 Å². The van der Waals surface area contributed by atoms with Crippen LogP contribution in [0.3, 0.4) is 0 Å². The summed E-state index contributed by atoms with van der Waals surface area (Å²) in [6.45, 7) is 3.50. The van der Waals surface area contributed by atoms with Gasteiger partial charge in [0.2, 0.25) is 5.91 Å². The Morgan fingerprint density at radius 2 is 2.00 bits per heavy atom. The number of hydrogen-bond acceptors (Lipinski definition) is 4. The maximum Gasteiger partial charge on any atom is 0.253 e. The van der Waals surface area contributed by atoms with Crippen molar-refractivity contribution in [1.82, 2.24) is 10.2 Å². The molecule has 6 nitrogen and oxygen atoms in total. The molecule has 2 amide bonds. The number of benzene rings is 1. The highest BCUT2D eigenvalue weighted by molar-refractivity contribution is 5.98. The van der Waals surface area contributed by atoms with Gasteiger partial charge in [0.25, 0.3) is 5.91 Å². The molecule has 2 rings (SSSR count). The molecular weight excluding hydrogens is 330 g/mol. The minimum atomic E-state index is -0.138. The summed E-state index contributed by atoms with van der Waals surface area (Å²) >= 11 is 0. The van der Waals surface area contributed by atoms with E-state index < -0.39 is 0 Å². The van der Waals surface area contributed by atoms with E-state index in [9.17, 15) is 9.59 Å². The van der Waals surface area contributed by atoms with E-state index in [2.05, 4.69) is 10.6 Å². The second kappa shape index (κ2) is 9.49. The molecule has 0 heterocycles. The minimum Gasteiger partial charge on any atom is -0.492 e. The van der Waals surface area contributed by atoms with Crippen LogP contribution in [-0.4, -0.2) is 50.5 Å². The van der Waals surface area contributed by atoms with Crippen molar-refractivity contribution < 1.29 is 14.3 Å². The summed E-state index contributed by atoms with van der Waals surface area (Å²) in [7, 11) is 3.39. The molecule has 24 heavy (non-hydrogen) atoms. The highest BCUT2D eigenvalue weighted by Gasteiger charge is 2.21. The fourth-order valence-corrected chi connectivity index (χ4v) is 2.21. The molecule has 0 spiro atoms. The molecule has 0 atom stereocenters. The summed E-state index contributed by atoms with van der Waals surface area (Å²) in [5.41, 5.74) is 1.04. The second-order valence-electron chi connectivity index (χ2n) is 5.97. The first kappa shape index (κ1) is 20.3. The van der Waals surface area contributed by atoms with Gasteiger partial charge in [-0.2, -0.15) is 0 Å². The molecule has 0 aliphatic heterocycles. The number of anilines is 1. The monoisotopic (exact) mass is 355 g/mol. The number of amides is 2. The zero-order valence-electron chi connectivity index (χ0n) is 14.4. The fourth-order valence-electron chi connectivity index (χ4n) is 2.21. The van der Waals surface area contributed by atoms with Gasteiger partial charge >= 0.3 is 0 Å². The van der Waals surface area contributed by atoms with Crippen molar-refractivity contribution in [3.05, 3.63) is 23.8 Å². The lowest BCUT2D eigenvalue weighted by Gasteiger charge is -2.15. The van der Waals surface area contributed by atoms with E-state index >= 15 is 0 Å². The molecule has 0 aromatic heterocycles. The highest BCUT2D eigenvalue weighted by Crippen LogP contribution is 2.28. The van der Waals surface area contributed by atoms with Crippen LogP contribution in [-0.2, 0) is 4.79 Å². The number of carbonyl (C=O) groups excluding carboxylic acids is 2. The molecule has 134 valence electrons. The van der Waals surface area contributed by atoms with Crippen molar-refractivity contribution >= 4 is 29.9 Å². The molecule has 1 aliphatic carbocycles. The zero-order valence-corrected chi connectivity index (χ0v) is 15.2. The zero-order chi connectivity index (χ0) is 16.8. The van der Waals surface area contributed by atoms with E-state index in [-0.39, 0.29) is 30.8 Å². The summed E-state index contributed by atoms with van der Waals surface area (Å²) < 4.78 is 5.53. The number of nitrogens with one attached hydrogen (secondary N) is 2. The van der Waals surface area contributed by atoms with Crippen LogP contribution in [0.1, 0.15) is 30.1 Å². The first-order valence-electron chi connectivity index (χ1n) is 8.00. The Morgan fingerprint density at radius 3 is 2.58 bits per heavy atom. The molecule has 0 saturated heterocycles. The number of carbonyl (C=O) groups is 2. The van der Waals surface area contributed by atoms with Gasteiger partial charge in [0.15, 0.2) is 0 Å². The van der Waals surface area contributed by atoms with Crippen LogP contribution in [0.2, 0.25) is 0 Å². The quantitative estimate of drug-likeness (QED) is 0.749. The normalized spacial score (nSPS) is 13.0. The third kappa shape index (κ3) is 6.02. The van der Waals surface area contributed by atoms with Gasteiger partial charge in [-0.15, -0.1) is 12.4 Å². The molecular formula is C17H26ClN3O3. The summed E-state index contributed by atoms with van der Waals surface area (Å²) in [5.74, 6) is 1.04. The van der Waals surface area contributed by atoms with Crippen LogP contribution in [0, 0.1) is 5.92 Å². The van der Waals surface area contributed by atoms with Gasteiger partial charge in [-0.05, 0) is 50.4 Å². The van der Waals surface area contributed by atoms with Crippen molar-refractivity contribution in [2.24, 2.45) is 5.92 Å². The van der Waals surface area contributed by atoms with Gasteiger partial charge in [0.1, 0.15) is 5.75 Å². The number of rotatable bonds is 8. The van der Waals surface area contributed by atoms with Crippen molar-refractivity contribution in [2.45, 2.75) is 19.8 Å². The molecule has 0 bridgehead atoms. The molecule has 1 aromatic carbocycles. The topological polar surface area (TPSA) is 70.7 Å². The molecule has 0 radical (unpaired) electrons. The smallest absolute Gasteiger partial charge is 0.253 e. The molecule has 1 aliphatic rings. The number of ether oxygens (including phenoxy) is 1. The largest absolute Gasteiger partial charge is 0.492 e. The lowest BCUT2D eigenvalue weighted by atomic mass is 10.1. The third-order valence-corrected chi connectivity index (χ3v) is 3.62. The van der Waals surface area contributed by atoms with E-state index in [1.165, 1.54) is 17.7 Å². The predicted molar refractivity (Wildman–Crippen MR) is 97.1 cm³/mol. The lowest BCUT2D eigenvalue weighted by molar-refractivity contribution is -0.115. The fraction of sp³-hybridized carbons (Fsp3) is 0.529. The van der Waals surface area contributed by atoms with Crippen molar-refractivity contribution in [3.63, 3.8) is 0 Å². The molecule has 7 heteroatoms. The van der Waals surface area contributed by atoms with E-state index in [0.29, 0.717) is 23.6 Å². The van der Waals surface area contributed by atoms with Crippen molar-refractivity contribution in [2.75, 3.05) is 39.1 Å². The SMILES string of the molecule is CCOc1ccc(C(=O)N(C)C)cc1NC(=O)CNCC1CC1.Cl. The predicted octanol–water partition coefficient (Wildman–Crippen LogP) is 2.15. The summed E-state index contributed by atoms with van der Waals surface area (Å²) in [6, 6.07) is 5.08. The van der Waals surface area contributed by atoms with Crippen molar-refractivity contribution in [3.8, 4) is 5.75 Å². The van der Waals surface area contributed by atoms with Crippen LogP contribution in [0.25, 0.3) is 0 Å². The van der Waals surface area contributed by atoms with Crippen LogP contribution in [0.4, 0.5) is 5.69 Å². The first-order valence-corrected chi connectivity index (χ1v) is 8.00. The Balaban J connectivity index is 0.00000288. The Bertz CT molecular complexity index is 574. The minimum absolute atomic E-state index is 0. The second-order valence-corrected chi connectivity index (χ2v) is 5.97. The van der Waals surface area contributed by atoms with Crippen LogP contribution >= 0.6 is 12.4 Å². The van der Waals surface area contributed by atoms with Crippen LogP contribution in [0.15, 0.2) is 18.2 Å². The Kier molecular flexibility index (Phi) is 8.01. The highest BCUT2D eigenvalue weighted by atomic mass is 35.5. The van der Waals surface area contributed by atoms with Gasteiger partial charge in [0, 0.05) is 19.7 Å². The van der Waals surface area contributed by atoms with Crippen LogP contribution in [0.5, 0.6) is 5.75 Å². The Morgan fingerprint density at radius 1 is 1.29 bits per heavy atom. The number of nitrogens with zero attached hydrogens (tertiary/aromatic N) is 1. The van der Waals surface area contributed by atoms with E-state index in [1.807, 2.05) is 6.92 Å². The summed E-state index contributed by atoms with van der Waals surface area (Å²) in [5, 5.41) is 5.97. The van der Waals surface area contributed by atoms with E-state index in [1.54, 1.807) is 32.3 Å². The number of hydrogen-bond donors (Lipinski definition) is 2. The maximum atomic E-state index is 12.1. The molecule has 1 saturated carbocycles. The Labute approximate surface area is 149 Å². The summed E-state index contributed by atoms with van der Waals surface area (Å²) in [4.78, 5) is 25.6. The Hall–Kier alpha value is -1.79. The first-order chi connectivity index (χ1) is 11.0. The number of halogens is 1. The molecule has 0 unspecified atom stereocenters. The average molecular weight is 356 g/mol. The molecule has 2 N–H and O–H groups in total. The summed E-state index contributed by atoms with van der Waals surface area (Å²) in [6.07, 6.45) is 2.50. The standard InChI is InChI=1S/C17H25N3O3.ClH/c1-4-23-15-8-7-13(17(22)20(2)3)9-14(15)19-16(21)11-18-10-12-5-6-12;/h7-9,12,18H,4-6,10-11H2,1-3H3,(H,19,21);1H. The van der Waals surface area contributed by atoms with Gasteiger partial charge in [-0.3, -0.25) is 9.59 Å². The van der Waals surface area contributed by atoms with E-state index in [4.69, 9.17) is 4.74 Å². The van der Waals surface area contributed by atoms with Gasteiger partial charge < -0.3 is 20.3 Å². The molecule has 1 aromatic rings. The average Bonchev–Trinajstić information content (AvgIpc) is 3.32.